The summed E-state index contributed by atoms with van der Waals surface area (Å²) < 4.78 is 49.0. The van der Waals surface area contributed by atoms with Gasteiger partial charge in [0.1, 0.15) is 23.2 Å². The second kappa shape index (κ2) is 10.6. The van der Waals surface area contributed by atoms with Gasteiger partial charge in [0.2, 0.25) is 5.91 Å². The summed E-state index contributed by atoms with van der Waals surface area (Å²) in [6, 6.07) is 15.0. The largest absolute Gasteiger partial charge is 0.508 e. The molecule has 0 aliphatic carbocycles. The first kappa shape index (κ1) is 27.9. The van der Waals surface area contributed by atoms with Crippen molar-refractivity contribution in [3.8, 4) is 5.75 Å². The van der Waals surface area contributed by atoms with Crippen LogP contribution >= 0.6 is 0 Å². The standard InChI is InChI=1S/C30H34F3NO3Si/c1-30(2,3)38(4,5)37-27(19-6-8-20(31)9-7-19)17-16-25-28(24-15-14-23(35)18-26(24)33)34(29(25)36)22-12-10-21(32)11-13-22/h6-15,18,25,27-28,35H,16-17H2,1-5H3. The van der Waals surface area contributed by atoms with Crippen molar-refractivity contribution in [2.45, 2.75) is 63.9 Å². The Morgan fingerprint density at radius 2 is 1.53 bits per heavy atom. The first-order chi connectivity index (χ1) is 17.8. The van der Waals surface area contributed by atoms with E-state index in [2.05, 4.69) is 33.9 Å². The molecule has 4 rings (SSSR count). The quantitative estimate of drug-likeness (QED) is 0.232. The summed E-state index contributed by atoms with van der Waals surface area (Å²) >= 11 is 0. The van der Waals surface area contributed by atoms with Crippen LogP contribution in [0.25, 0.3) is 0 Å². The molecule has 0 bridgehead atoms. The zero-order valence-corrected chi connectivity index (χ0v) is 23.3. The molecule has 1 aliphatic heterocycles. The summed E-state index contributed by atoms with van der Waals surface area (Å²) in [5, 5.41) is 9.67. The molecule has 3 atom stereocenters. The monoisotopic (exact) mass is 541 g/mol. The fraction of sp³-hybridized carbons (Fsp3) is 0.367. The number of hydrogen-bond donors (Lipinski definition) is 1. The number of β-lactam (4-membered cyclic amide) rings is 1. The number of amides is 1. The van der Waals surface area contributed by atoms with E-state index in [1.54, 1.807) is 12.1 Å². The number of nitrogens with zero attached hydrogens (tertiary/aromatic N) is 1. The summed E-state index contributed by atoms with van der Waals surface area (Å²) in [4.78, 5) is 14.9. The van der Waals surface area contributed by atoms with Gasteiger partial charge in [-0.3, -0.25) is 4.79 Å². The van der Waals surface area contributed by atoms with E-state index in [4.69, 9.17) is 4.43 Å². The second-order valence-electron chi connectivity index (χ2n) is 11.4. The number of anilines is 1. The van der Waals surface area contributed by atoms with Crippen LogP contribution in [0.3, 0.4) is 0 Å². The molecule has 8 heteroatoms. The molecule has 1 N–H and O–H groups in total. The summed E-state index contributed by atoms with van der Waals surface area (Å²) in [6.45, 7) is 10.7. The maximum absolute atomic E-state index is 15.0. The summed E-state index contributed by atoms with van der Waals surface area (Å²) in [6.07, 6.45) is 0.509. The average molecular weight is 542 g/mol. The minimum absolute atomic E-state index is 0.0609. The van der Waals surface area contributed by atoms with Crippen LogP contribution in [0.4, 0.5) is 18.9 Å². The Bertz CT molecular complexity index is 1290. The molecule has 1 heterocycles. The third-order valence-corrected chi connectivity index (χ3v) is 12.3. The fourth-order valence-electron chi connectivity index (χ4n) is 4.67. The number of rotatable bonds is 8. The Morgan fingerprint density at radius 3 is 2.08 bits per heavy atom. The van der Waals surface area contributed by atoms with Crippen molar-refractivity contribution in [1.29, 1.82) is 0 Å². The van der Waals surface area contributed by atoms with Gasteiger partial charge in [0, 0.05) is 17.3 Å². The van der Waals surface area contributed by atoms with E-state index in [0.29, 0.717) is 18.5 Å². The van der Waals surface area contributed by atoms with Crippen molar-refractivity contribution in [2.24, 2.45) is 5.92 Å². The van der Waals surface area contributed by atoms with E-state index in [1.165, 1.54) is 53.4 Å². The highest BCUT2D eigenvalue weighted by Crippen LogP contribution is 2.48. The van der Waals surface area contributed by atoms with Crippen LogP contribution in [-0.2, 0) is 9.22 Å². The van der Waals surface area contributed by atoms with E-state index in [-0.39, 0.29) is 34.2 Å². The van der Waals surface area contributed by atoms with Crippen LogP contribution in [0.15, 0.2) is 66.7 Å². The van der Waals surface area contributed by atoms with Crippen LogP contribution < -0.4 is 4.90 Å². The van der Waals surface area contributed by atoms with E-state index < -0.39 is 31.9 Å². The lowest BCUT2D eigenvalue weighted by molar-refractivity contribution is -0.131. The molecule has 38 heavy (non-hydrogen) atoms. The highest BCUT2D eigenvalue weighted by Gasteiger charge is 2.50. The predicted octanol–water partition coefficient (Wildman–Crippen LogP) is 8.06. The molecule has 0 saturated carbocycles. The molecule has 1 saturated heterocycles. The SMILES string of the molecule is CC(C)(C)[Si](C)(C)OC(CCC1C(=O)N(c2ccc(F)cc2)C1c1ccc(O)cc1F)c1ccc(F)cc1. The maximum Gasteiger partial charge on any atom is 0.233 e. The Morgan fingerprint density at radius 1 is 0.947 bits per heavy atom. The Labute approximate surface area is 223 Å². The van der Waals surface area contributed by atoms with Gasteiger partial charge in [-0.1, -0.05) is 39.0 Å². The number of carbonyl (C=O) groups is 1. The van der Waals surface area contributed by atoms with Gasteiger partial charge >= 0.3 is 0 Å². The molecule has 3 unspecified atom stereocenters. The van der Waals surface area contributed by atoms with Gasteiger partial charge in [0.05, 0.1) is 18.1 Å². The van der Waals surface area contributed by atoms with Crippen LogP contribution in [0.5, 0.6) is 5.75 Å². The third-order valence-electron chi connectivity index (χ3n) is 7.85. The highest BCUT2D eigenvalue weighted by atomic mass is 28.4. The molecule has 1 fully saturated rings. The molecular weight excluding hydrogens is 507 g/mol. The minimum Gasteiger partial charge on any atom is -0.508 e. The molecule has 4 nitrogen and oxygen atoms in total. The van der Waals surface area contributed by atoms with E-state index in [0.717, 1.165) is 11.6 Å². The zero-order valence-electron chi connectivity index (χ0n) is 22.3. The van der Waals surface area contributed by atoms with Gasteiger partial charge in [-0.15, -0.1) is 0 Å². The predicted molar refractivity (Wildman–Crippen MR) is 145 cm³/mol. The number of benzene rings is 3. The van der Waals surface area contributed by atoms with Crippen molar-refractivity contribution in [2.75, 3.05) is 4.90 Å². The third kappa shape index (κ3) is 5.66. The second-order valence-corrected chi connectivity index (χ2v) is 16.2. The van der Waals surface area contributed by atoms with Crippen molar-refractivity contribution >= 4 is 19.9 Å². The van der Waals surface area contributed by atoms with E-state index in [1.807, 2.05) is 0 Å². The minimum atomic E-state index is -2.23. The van der Waals surface area contributed by atoms with Gasteiger partial charge in [0.25, 0.3) is 0 Å². The van der Waals surface area contributed by atoms with Gasteiger partial charge in [-0.05, 0) is 79.0 Å². The Kier molecular flexibility index (Phi) is 7.77. The number of hydrogen-bond acceptors (Lipinski definition) is 3. The van der Waals surface area contributed by atoms with E-state index in [9.17, 15) is 18.7 Å². The van der Waals surface area contributed by atoms with Crippen molar-refractivity contribution in [3.05, 3.63) is 95.3 Å². The van der Waals surface area contributed by atoms with Crippen LogP contribution in [0.1, 0.15) is 56.9 Å². The number of phenolic OH excluding ortho intramolecular Hbond substituents is 1. The summed E-state index contributed by atoms with van der Waals surface area (Å²) in [5.41, 5.74) is 1.57. The van der Waals surface area contributed by atoms with Gasteiger partial charge in [-0.2, -0.15) is 0 Å². The Hall–Kier alpha value is -3.10. The average Bonchev–Trinajstić information content (AvgIpc) is 2.83. The molecule has 0 radical (unpaired) electrons. The zero-order chi connectivity index (χ0) is 27.8. The van der Waals surface area contributed by atoms with Crippen LogP contribution in [-0.4, -0.2) is 19.3 Å². The Balaban J connectivity index is 1.64. The first-order valence-electron chi connectivity index (χ1n) is 12.8. The molecule has 0 spiro atoms. The molecule has 1 aliphatic rings. The molecule has 1 amide bonds. The normalized spacial score (nSPS) is 18.8. The number of phenols is 1. The van der Waals surface area contributed by atoms with Crippen molar-refractivity contribution < 1.29 is 27.5 Å². The molecular formula is C30H34F3NO3Si. The van der Waals surface area contributed by atoms with Gasteiger partial charge in [0.15, 0.2) is 8.32 Å². The molecule has 3 aromatic carbocycles. The van der Waals surface area contributed by atoms with Crippen LogP contribution in [0, 0.1) is 23.4 Å². The lowest BCUT2D eigenvalue weighted by atomic mass is 9.78. The number of carbonyl (C=O) groups excluding carboxylic acids is 1. The molecule has 202 valence electrons. The molecule has 3 aromatic rings. The fourth-order valence-corrected chi connectivity index (χ4v) is 5.98. The topological polar surface area (TPSA) is 49.8 Å². The van der Waals surface area contributed by atoms with Gasteiger partial charge < -0.3 is 14.4 Å². The van der Waals surface area contributed by atoms with Crippen molar-refractivity contribution in [3.63, 3.8) is 0 Å². The number of aromatic hydroxyl groups is 1. The lowest BCUT2D eigenvalue weighted by Crippen LogP contribution is -2.55. The highest BCUT2D eigenvalue weighted by molar-refractivity contribution is 6.74. The lowest BCUT2D eigenvalue weighted by Gasteiger charge is -2.48. The summed E-state index contributed by atoms with van der Waals surface area (Å²) in [7, 11) is -2.23. The van der Waals surface area contributed by atoms with Gasteiger partial charge in [-0.25, -0.2) is 13.2 Å². The summed E-state index contributed by atoms with van der Waals surface area (Å²) in [5.74, 6) is -2.35. The molecule has 0 aromatic heterocycles. The van der Waals surface area contributed by atoms with Crippen molar-refractivity contribution in [1.82, 2.24) is 0 Å². The van der Waals surface area contributed by atoms with Crippen LogP contribution in [0.2, 0.25) is 18.1 Å². The smallest absolute Gasteiger partial charge is 0.233 e. The number of halogens is 3. The van der Waals surface area contributed by atoms with E-state index >= 15 is 4.39 Å². The maximum atomic E-state index is 15.0. The first-order valence-corrected chi connectivity index (χ1v) is 15.7.